The molecule has 0 amide bonds. The van der Waals surface area contributed by atoms with Gasteiger partial charge in [0.2, 0.25) is 11.9 Å². The van der Waals surface area contributed by atoms with Gasteiger partial charge in [-0.15, -0.1) is 20.5 Å². The third-order valence-corrected chi connectivity index (χ3v) is 13.3. The molecule has 0 unspecified atom stereocenters. The van der Waals surface area contributed by atoms with E-state index >= 15 is 0 Å². The van der Waals surface area contributed by atoms with E-state index in [2.05, 4.69) is 46.0 Å². The molecule has 0 bridgehead atoms. The second-order valence-corrected chi connectivity index (χ2v) is 20.2. The van der Waals surface area contributed by atoms with Gasteiger partial charge in [0.25, 0.3) is 40.5 Å². The van der Waals surface area contributed by atoms with Gasteiger partial charge in [-0.05, 0) is 102 Å². The van der Waals surface area contributed by atoms with Crippen molar-refractivity contribution in [2.24, 2.45) is 20.5 Å². The molecule has 0 spiro atoms. The molecule has 0 aliphatic carbocycles. The van der Waals surface area contributed by atoms with Crippen LogP contribution in [0.5, 0.6) is 23.0 Å². The summed E-state index contributed by atoms with van der Waals surface area (Å²) in [5.74, 6) is -3.20. The van der Waals surface area contributed by atoms with Crippen LogP contribution in [-0.2, 0) is 40.5 Å². The van der Waals surface area contributed by atoms with Gasteiger partial charge in [-0.3, -0.25) is 18.2 Å². The first-order chi connectivity index (χ1) is 32.8. The van der Waals surface area contributed by atoms with Crippen LogP contribution in [0.1, 0.15) is 0 Å². The Labute approximate surface area is 393 Å². The Hall–Kier alpha value is -8.29. The molecule has 10 N–H and O–H groups in total. The summed E-state index contributed by atoms with van der Waals surface area (Å²) in [6.07, 6.45) is 0. The van der Waals surface area contributed by atoms with Gasteiger partial charge in [-0.25, -0.2) is 0 Å². The Morgan fingerprint density at radius 2 is 0.886 bits per heavy atom. The van der Waals surface area contributed by atoms with Gasteiger partial charge in [-0.1, -0.05) is 24.3 Å². The molecule has 70 heavy (non-hydrogen) atoms. The lowest BCUT2D eigenvalue weighted by Gasteiger charge is -2.13. The lowest BCUT2D eigenvalue weighted by molar-refractivity contribution is 0.470. The van der Waals surface area contributed by atoms with Crippen molar-refractivity contribution in [1.82, 2.24) is 15.0 Å². The maximum absolute atomic E-state index is 12.7. The second-order valence-electron chi connectivity index (χ2n) is 14.5. The summed E-state index contributed by atoms with van der Waals surface area (Å²) < 4.78 is 136. The molecule has 0 aliphatic rings. The number of aromatic nitrogens is 3. The molecule has 358 valence electrons. The molecule has 25 nitrogen and oxygen atoms in total. The number of nitrogens with one attached hydrogen (secondary N) is 2. The van der Waals surface area contributed by atoms with Crippen LogP contribution in [0.4, 0.5) is 46.0 Å². The van der Waals surface area contributed by atoms with Crippen LogP contribution in [0.15, 0.2) is 155 Å². The summed E-state index contributed by atoms with van der Waals surface area (Å²) in [6, 6.07) is 23.5. The molecule has 8 rings (SSSR count). The van der Waals surface area contributed by atoms with Crippen molar-refractivity contribution in [3.63, 3.8) is 0 Å². The van der Waals surface area contributed by atoms with Gasteiger partial charge in [0.1, 0.15) is 44.0 Å². The molecule has 8 aromatic rings. The number of fused-ring (bicyclic) bond motifs is 2. The number of hydrogen-bond acceptors (Lipinski definition) is 21. The van der Waals surface area contributed by atoms with Gasteiger partial charge in [0, 0.05) is 27.7 Å². The summed E-state index contributed by atoms with van der Waals surface area (Å²) in [7, 11) is -19.9. The third-order valence-electron chi connectivity index (χ3n) is 9.84. The highest BCUT2D eigenvalue weighted by molar-refractivity contribution is 7.86. The summed E-state index contributed by atoms with van der Waals surface area (Å²) in [4.78, 5) is 10.1. The van der Waals surface area contributed by atoms with E-state index in [0.29, 0.717) is 5.69 Å². The number of para-hydroxylation sites is 1. The van der Waals surface area contributed by atoms with Crippen molar-refractivity contribution in [3.8, 4) is 34.4 Å². The maximum atomic E-state index is 12.7. The van der Waals surface area contributed by atoms with Crippen LogP contribution in [0.25, 0.3) is 32.9 Å². The maximum Gasteiger partial charge on any atom is 0.296 e. The molecule has 7 aromatic carbocycles. The van der Waals surface area contributed by atoms with Crippen LogP contribution in [0, 0.1) is 0 Å². The van der Waals surface area contributed by atoms with Gasteiger partial charge in [-0.2, -0.15) is 48.6 Å². The topological polar surface area (TPSA) is 411 Å². The zero-order valence-corrected chi connectivity index (χ0v) is 37.8. The molecule has 1 aromatic heterocycles. The molecule has 0 aliphatic heterocycles. The molecule has 0 radical (unpaired) electrons. The molecular formula is C41H29N9O16S4. The van der Waals surface area contributed by atoms with Crippen LogP contribution < -0.4 is 10.6 Å². The number of hydrogen-bond donors (Lipinski definition) is 10. The first-order valence-electron chi connectivity index (χ1n) is 19.2. The molecule has 29 heteroatoms. The smallest absolute Gasteiger partial charge is 0.296 e. The normalized spacial score (nSPS) is 12.6. The summed E-state index contributed by atoms with van der Waals surface area (Å²) in [6.45, 7) is 0. The zero-order valence-electron chi connectivity index (χ0n) is 34.6. The Kier molecular flexibility index (Phi) is 12.4. The fourth-order valence-corrected chi connectivity index (χ4v) is 8.92. The zero-order chi connectivity index (χ0) is 50.5. The molecule has 0 atom stereocenters. The average molecular weight is 1030 g/mol. The number of rotatable bonds is 13. The predicted octanol–water partition coefficient (Wildman–Crippen LogP) is 7.97. The number of azo groups is 2. The lowest BCUT2D eigenvalue weighted by atomic mass is 10.0. The van der Waals surface area contributed by atoms with E-state index in [9.17, 15) is 72.3 Å². The van der Waals surface area contributed by atoms with Crippen molar-refractivity contribution in [2.75, 3.05) is 10.6 Å². The number of phenols is 4. The Morgan fingerprint density at radius 3 is 1.36 bits per heavy atom. The highest BCUT2D eigenvalue weighted by Gasteiger charge is 2.25. The Morgan fingerprint density at radius 1 is 0.429 bits per heavy atom. The monoisotopic (exact) mass is 1030 g/mol. The summed E-state index contributed by atoms with van der Waals surface area (Å²) >= 11 is 0. The second kappa shape index (κ2) is 18.0. The van der Waals surface area contributed by atoms with Gasteiger partial charge in [0.05, 0.1) is 9.79 Å². The fraction of sp³-hybridized carbons (Fsp3) is 0. The average Bonchev–Trinajstić information content (AvgIpc) is 3.28. The fourth-order valence-electron chi connectivity index (χ4n) is 6.60. The number of aromatic hydroxyl groups is 4. The quantitative estimate of drug-likeness (QED) is 0.0386. The first-order valence-corrected chi connectivity index (χ1v) is 24.9. The number of phenolic OH excluding ortho intramolecular Hbond substituents is 4. The van der Waals surface area contributed by atoms with Crippen LogP contribution in [0.3, 0.4) is 0 Å². The molecule has 0 saturated heterocycles. The van der Waals surface area contributed by atoms with Gasteiger partial charge in [0.15, 0.2) is 17.3 Å². The van der Waals surface area contributed by atoms with Crippen molar-refractivity contribution in [2.45, 2.75) is 19.6 Å². The largest absolute Gasteiger partial charge is 0.506 e. The van der Waals surface area contributed by atoms with E-state index in [-0.39, 0.29) is 50.5 Å². The minimum absolute atomic E-state index is 0.00601. The van der Waals surface area contributed by atoms with E-state index in [1.54, 1.807) is 30.3 Å². The summed E-state index contributed by atoms with van der Waals surface area (Å²) in [5, 5.41) is 63.5. The number of benzene rings is 7. The van der Waals surface area contributed by atoms with Crippen LogP contribution in [-0.4, -0.2) is 87.3 Å². The highest BCUT2D eigenvalue weighted by Crippen LogP contribution is 2.45. The molecule has 0 saturated carbocycles. The first kappa shape index (κ1) is 48.2. The minimum Gasteiger partial charge on any atom is -0.506 e. The number of nitrogens with zero attached hydrogens (tertiary/aromatic N) is 7. The van der Waals surface area contributed by atoms with E-state index in [1.165, 1.54) is 36.4 Å². The van der Waals surface area contributed by atoms with Gasteiger partial charge < -0.3 is 31.1 Å². The molecule has 1 heterocycles. The van der Waals surface area contributed by atoms with E-state index in [4.69, 9.17) is 0 Å². The molecular weight excluding hydrogens is 1000 g/mol. The van der Waals surface area contributed by atoms with E-state index in [0.717, 1.165) is 48.5 Å². The van der Waals surface area contributed by atoms with Crippen LogP contribution >= 0.6 is 0 Å². The Bertz CT molecular complexity index is 4010. The third kappa shape index (κ3) is 10.2. The minimum atomic E-state index is -5.19. The van der Waals surface area contributed by atoms with Crippen molar-refractivity contribution in [3.05, 3.63) is 115 Å². The lowest BCUT2D eigenvalue weighted by Crippen LogP contribution is -2.06. The predicted molar refractivity (Wildman–Crippen MR) is 247 cm³/mol. The summed E-state index contributed by atoms with van der Waals surface area (Å²) in [5.41, 5.74) is -1.85. The van der Waals surface area contributed by atoms with E-state index < -0.39 is 106 Å². The van der Waals surface area contributed by atoms with Crippen molar-refractivity contribution < 1.29 is 72.3 Å². The Balaban J connectivity index is 1.19. The SMILES string of the molecule is O=S(=O)(O)c1ccc(O)c(N=Nc2c(S(=O)(=O)O)cc3cc(Nc4nc(Nc5ccccc5)nc(-c5ccc6c(O)c(N=Nc7cc(S(=O)(=O)O)ccc7O)c(S(=O)(=O)O)cc6c5)n4)ccc3c2O)c1. The van der Waals surface area contributed by atoms with E-state index in [1.807, 2.05) is 0 Å². The van der Waals surface area contributed by atoms with Crippen LogP contribution in [0.2, 0.25) is 0 Å². The van der Waals surface area contributed by atoms with Crippen molar-refractivity contribution >= 4 is 108 Å². The standard InChI is InChI=1S/C41H29N9O16S4/c51-31-12-8-25(67(55,56)57)18-29(31)47-49-35-33(69(61,62)63)16-21-14-20(6-10-27(21)37(35)53)39-44-40(42-23-4-2-1-3-5-23)46-41(45-39)43-24-7-11-28-22(15-24)17-34(70(64,65)66)36(38(28)54)50-48-30-19-26(68(58,59)60)9-13-32(30)52/h1-19,51-54H,(H,55,56,57)(H,58,59,60)(H,61,62,63)(H,64,65,66)(H2,42,43,44,45,46). The van der Waals surface area contributed by atoms with Crippen molar-refractivity contribution in [1.29, 1.82) is 0 Å². The van der Waals surface area contributed by atoms with Gasteiger partial charge >= 0.3 is 0 Å². The highest BCUT2D eigenvalue weighted by atomic mass is 32.2. The number of anilines is 4. The molecule has 0 fully saturated rings.